The zero-order chi connectivity index (χ0) is 20.4. The largest absolute Gasteiger partial charge is 0.468 e. The molecule has 0 bridgehead atoms. The summed E-state index contributed by atoms with van der Waals surface area (Å²) in [7, 11) is -3.89. The minimum Gasteiger partial charge on any atom is -0.468 e. The zero-order valence-electron chi connectivity index (χ0n) is 15.5. The highest BCUT2D eigenvalue weighted by Gasteiger charge is 2.28. The molecule has 0 saturated heterocycles. The van der Waals surface area contributed by atoms with Crippen LogP contribution in [-0.4, -0.2) is 22.5 Å². The highest BCUT2D eigenvalue weighted by Crippen LogP contribution is 2.25. The average molecular weight is 432 g/mol. The van der Waals surface area contributed by atoms with Crippen molar-refractivity contribution in [3.05, 3.63) is 88.5 Å². The SMILES string of the molecule is Cc1ccc(CN(Cc2ccco2)S(=O)(=O)c2cnn(-c3ccccc3F)c2)s1. The number of benzene rings is 1. The molecule has 0 atom stereocenters. The molecule has 0 spiro atoms. The van der Waals surface area contributed by atoms with Crippen LogP contribution in [0.15, 0.2) is 76.5 Å². The van der Waals surface area contributed by atoms with E-state index in [2.05, 4.69) is 5.10 Å². The van der Waals surface area contributed by atoms with Crippen LogP contribution in [0.4, 0.5) is 4.39 Å². The van der Waals surface area contributed by atoms with Crippen LogP contribution in [0.5, 0.6) is 0 Å². The third-order valence-corrected chi connectivity index (χ3v) is 7.07. The number of aromatic nitrogens is 2. The molecule has 0 aliphatic rings. The summed E-state index contributed by atoms with van der Waals surface area (Å²) in [6.07, 6.45) is 4.06. The maximum Gasteiger partial charge on any atom is 0.246 e. The third-order valence-electron chi connectivity index (χ3n) is 4.34. The fourth-order valence-corrected chi connectivity index (χ4v) is 5.21. The van der Waals surface area contributed by atoms with Gasteiger partial charge >= 0.3 is 0 Å². The van der Waals surface area contributed by atoms with Gasteiger partial charge < -0.3 is 4.42 Å². The first-order chi connectivity index (χ1) is 13.9. The Balaban J connectivity index is 1.68. The quantitative estimate of drug-likeness (QED) is 0.436. The van der Waals surface area contributed by atoms with Gasteiger partial charge in [0.15, 0.2) is 0 Å². The van der Waals surface area contributed by atoms with E-state index in [1.165, 1.54) is 51.1 Å². The molecular weight excluding hydrogens is 413 g/mol. The van der Waals surface area contributed by atoms with Crippen molar-refractivity contribution in [2.75, 3.05) is 0 Å². The van der Waals surface area contributed by atoms with E-state index in [0.29, 0.717) is 5.76 Å². The van der Waals surface area contributed by atoms with Crippen LogP contribution < -0.4 is 0 Å². The first kappa shape index (κ1) is 19.6. The highest BCUT2D eigenvalue weighted by molar-refractivity contribution is 7.89. The Morgan fingerprint density at radius 3 is 2.66 bits per heavy atom. The maximum atomic E-state index is 14.0. The van der Waals surface area contributed by atoms with Gasteiger partial charge in [0, 0.05) is 16.3 Å². The fraction of sp³-hybridized carbons (Fsp3) is 0.150. The lowest BCUT2D eigenvalue weighted by Crippen LogP contribution is -2.29. The summed E-state index contributed by atoms with van der Waals surface area (Å²) in [5, 5.41) is 4.05. The Kier molecular flexibility index (Phi) is 5.35. The molecule has 3 aromatic heterocycles. The van der Waals surface area contributed by atoms with Gasteiger partial charge in [-0.05, 0) is 43.3 Å². The van der Waals surface area contributed by atoms with Crippen LogP contribution in [-0.2, 0) is 23.1 Å². The Labute approximate surface area is 171 Å². The van der Waals surface area contributed by atoms with Crippen molar-refractivity contribution in [3.63, 3.8) is 0 Å². The molecular formula is C20H18FN3O3S2. The number of hydrogen-bond acceptors (Lipinski definition) is 5. The van der Waals surface area contributed by atoms with E-state index in [1.54, 1.807) is 24.3 Å². The van der Waals surface area contributed by atoms with Crippen LogP contribution in [0.2, 0.25) is 0 Å². The standard InChI is InChI=1S/C20H18FN3O3S2/c1-15-8-9-17(28-15)13-23(12-16-5-4-10-27-16)29(25,26)18-11-22-24(14-18)20-7-3-2-6-19(20)21/h2-11,14H,12-13H2,1H3. The highest BCUT2D eigenvalue weighted by atomic mass is 32.2. The minimum atomic E-state index is -3.89. The second-order valence-electron chi connectivity index (χ2n) is 6.44. The molecule has 0 saturated carbocycles. The predicted octanol–water partition coefficient (Wildman–Crippen LogP) is 4.37. The van der Waals surface area contributed by atoms with Crippen molar-refractivity contribution in [1.82, 2.24) is 14.1 Å². The Hall–Kier alpha value is -2.75. The van der Waals surface area contributed by atoms with Crippen LogP contribution in [0, 0.1) is 12.7 Å². The van der Waals surface area contributed by atoms with E-state index in [4.69, 9.17) is 4.42 Å². The molecule has 150 valence electrons. The molecule has 0 fully saturated rings. The maximum absolute atomic E-state index is 14.0. The van der Waals surface area contributed by atoms with E-state index >= 15 is 0 Å². The third kappa shape index (κ3) is 4.16. The fourth-order valence-electron chi connectivity index (χ4n) is 2.90. The lowest BCUT2D eigenvalue weighted by molar-refractivity contribution is 0.360. The van der Waals surface area contributed by atoms with E-state index in [9.17, 15) is 12.8 Å². The predicted molar refractivity (Wildman–Crippen MR) is 108 cm³/mol. The summed E-state index contributed by atoms with van der Waals surface area (Å²) in [6.45, 7) is 2.25. The van der Waals surface area contributed by atoms with Crippen LogP contribution in [0.3, 0.4) is 0 Å². The molecule has 0 amide bonds. The van der Waals surface area contributed by atoms with Gasteiger partial charge in [0.25, 0.3) is 0 Å². The van der Waals surface area contributed by atoms with E-state index in [0.717, 1.165) is 9.75 Å². The van der Waals surface area contributed by atoms with Crippen molar-refractivity contribution in [3.8, 4) is 5.69 Å². The summed E-state index contributed by atoms with van der Waals surface area (Å²) in [4.78, 5) is 2.00. The monoisotopic (exact) mass is 431 g/mol. The molecule has 0 aliphatic carbocycles. The molecule has 6 nitrogen and oxygen atoms in total. The molecule has 0 unspecified atom stereocenters. The molecule has 4 rings (SSSR count). The average Bonchev–Trinajstić information content (AvgIpc) is 3.44. The van der Waals surface area contributed by atoms with Gasteiger partial charge in [-0.2, -0.15) is 9.40 Å². The zero-order valence-corrected chi connectivity index (χ0v) is 17.2. The van der Waals surface area contributed by atoms with E-state index < -0.39 is 15.8 Å². The molecule has 0 radical (unpaired) electrons. The number of rotatable bonds is 7. The Morgan fingerprint density at radius 1 is 1.14 bits per heavy atom. The lowest BCUT2D eigenvalue weighted by atomic mass is 10.3. The van der Waals surface area contributed by atoms with Gasteiger partial charge in [0.05, 0.1) is 25.2 Å². The van der Waals surface area contributed by atoms with Crippen LogP contribution in [0.1, 0.15) is 15.5 Å². The number of para-hydroxylation sites is 1. The van der Waals surface area contributed by atoms with Crippen molar-refractivity contribution in [2.45, 2.75) is 24.9 Å². The second kappa shape index (κ2) is 7.94. The molecule has 4 aromatic rings. The van der Waals surface area contributed by atoms with Crippen LogP contribution in [0.25, 0.3) is 5.69 Å². The molecule has 0 aliphatic heterocycles. The molecule has 1 aromatic carbocycles. The van der Waals surface area contributed by atoms with Gasteiger partial charge in [-0.3, -0.25) is 0 Å². The number of aryl methyl sites for hydroxylation is 1. The molecule has 29 heavy (non-hydrogen) atoms. The van der Waals surface area contributed by atoms with Gasteiger partial charge in [0.1, 0.15) is 22.2 Å². The summed E-state index contributed by atoms with van der Waals surface area (Å²) in [5.74, 6) is 0.0457. The van der Waals surface area contributed by atoms with Gasteiger partial charge in [-0.25, -0.2) is 17.5 Å². The number of thiophene rings is 1. The van der Waals surface area contributed by atoms with Crippen molar-refractivity contribution < 1.29 is 17.2 Å². The first-order valence-corrected chi connectivity index (χ1v) is 11.1. The van der Waals surface area contributed by atoms with Crippen LogP contribution >= 0.6 is 11.3 Å². The Bertz CT molecular complexity index is 1210. The van der Waals surface area contributed by atoms with Crippen molar-refractivity contribution >= 4 is 21.4 Å². The Morgan fingerprint density at radius 2 is 1.97 bits per heavy atom. The normalized spacial score (nSPS) is 12.0. The number of furan rings is 1. The molecule has 0 N–H and O–H groups in total. The smallest absolute Gasteiger partial charge is 0.246 e. The van der Waals surface area contributed by atoms with E-state index in [1.807, 2.05) is 19.1 Å². The molecule has 3 heterocycles. The number of hydrogen-bond donors (Lipinski definition) is 0. The van der Waals surface area contributed by atoms with Gasteiger partial charge in [-0.15, -0.1) is 11.3 Å². The van der Waals surface area contributed by atoms with Gasteiger partial charge in [0.2, 0.25) is 10.0 Å². The molecule has 9 heteroatoms. The van der Waals surface area contributed by atoms with Gasteiger partial charge in [-0.1, -0.05) is 12.1 Å². The number of halogens is 1. The minimum absolute atomic E-state index is 0.0133. The van der Waals surface area contributed by atoms with E-state index in [-0.39, 0.29) is 23.7 Å². The summed E-state index contributed by atoms with van der Waals surface area (Å²) in [5.41, 5.74) is 0.181. The summed E-state index contributed by atoms with van der Waals surface area (Å²) < 4.78 is 48.6. The topological polar surface area (TPSA) is 68.3 Å². The van der Waals surface area contributed by atoms with Crippen molar-refractivity contribution in [1.29, 1.82) is 0 Å². The number of nitrogens with zero attached hydrogens (tertiary/aromatic N) is 3. The van der Waals surface area contributed by atoms with Crippen molar-refractivity contribution in [2.24, 2.45) is 0 Å². The second-order valence-corrected chi connectivity index (χ2v) is 9.75. The first-order valence-electron chi connectivity index (χ1n) is 8.81. The lowest BCUT2D eigenvalue weighted by Gasteiger charge is -2.19. The number of sulfonamides is 1. The summed E-state index contributed by atoms with van der Waals surface area (Å²) >= 11 is 1.54. The summed E-state index contributed by atoms with van der Waals surface area (Å²) in [6, 6.07) is 13.4.